The van der Waals surface area contributed by atoms with E-state index in [1.807, 2.05) is 17.9 Å². The Bertz CT molecular complexity index is 332. The third-order valence-electron chi connectivity index (χ3n) is 3.38. The van der Waals surface area contributed by atoms with Gasteiger partial charge in [-0.25, -0.2) is 0 Å². The molecule has 2 heterocycles. The minimum atomic E-state index is 0. The number of hydrogen-bond donors (Lipinski definition) is 1. The Kier molecular flexibility index (Phi) is 10.2. The lowest BCUT2D eigenvalue weighted by Gasteiger charge is -2.38. The number of halogens is 3. The first-order chi connectivity index (χ1) is 7.22. The van der Waals surface area contributed by atoms with Crippen LogP contribution in [0.4, 0.5) is 0 Å². The number of rotatable bonds is 2. The van der Waals surface area contributed by atoms with Gasteiger partial charge in [0.25, 0.3) is 0 Å². The van der Waals surface area contributed by atoms with Crippen molar-refractivity contribution < 1.29 is 0 Å². The molecule has 18 heavy (non-hydrogen) atoms. The first kappa shape index (κ1) is 20.3. The smallest absolute Gasteiger partial charge is 0.0537 e. The molecule has 1 fully saturated rings. The number of nitrogens with zero attached hydrogens (tertiary/aromatic N) is 3. The number of hydrogen-bond acceptors (Lipinski definition) is 3. The van der Waals surface area contributed by atoms with Crippen molar-refractivity contribution in [2.45, 2.75) is 18.9 Å². The van der Waals surface area contributed by atoms with Gasteiger partial charge in [0.05, 0.1) is 6.20 Å². The lowest BCUT2D eigenvalue weighted by Crippen LogP contribution is -2.39. The van der Waals surface area contributed by atoms with Gasteiger partial charge in [-0.3, -0.25) is 9.58 Å². The van der Waals surface area contributed by atoms with Crippen molar-refractivity contribution in [1.29, 1.82) is 0 Å². The summed E-state index contributed by atoms with van der Waals surface area (Å²) in [5, 5.41) is 4.24. The summed E-state index contributed by atoms with van der Waals surface area (Å²) in [4.78, 5) is 2.40. The minimum absolute atomic E-state index is 0. The molecule has 0 radical (unpaired) electrons. The maximum Gasteiger partial charge on any atom is 0.0537 e. The first-order valence-electron chi connectivity index (χ1n) is 5.61. The SMILES string of the molecule is CN1CCC[C@@H](CN)[C@@H]1c1cnn(C)c1.Cl.Cl.Cl. The topological polar surface area (TPSA) is 47.1 Å². The van der Waals surface area contributed by atoms with Crippen LogP contribution in [0, 0.1) is 5.92 Å². The molecule has 0 aliphatic carbocycles. The van der Waals surface area contributed by atoms with E-state index in [-0.39, 0.29) is 37.2 Å². The van der Waals surface area contributed by atoms with E-state index in [1.165, 1.54) is 18.4 Å². The number of nitrogens with two attached hydrogens (primary N) is 1. The van der Waals surface area contributed by atoms with Gasteiger partial charge in [-0.1, -0.05) is 0 Å². The number of piperidine rings is 1. The van der Waals surface area contributed by atoms with Gasteiger partial charge >= 0.3 is 0 Å². The van der Waals surface area contributed by atoms with Crippen LogP contribution in [-0.4, -0.2) is 34.8 Å². The van der Waals surface area contributed by atoms with Crippen molar-refractivity contribution >= 4 is 37.2 Å². The van der Waals surface area contributed by atoms with Gasteiger partial charge in [-0.05, 0) is 38.9 Å². The molecule has 108 valence electrons. The second-order valence-corrected chi connectivity index (χ2v) is 4.51. The van der Waals surface area contributed by atoms with Gasteiger partial charge in [0.15, 0.2) is 0 Å². The molecule has 0 amide bonds. The minimum Gasteiger partial charge on any atom is -0.330 e. The summed E-state index contributed by atoms with van der Waals surface area (Å²) in [6, 6.07) is 0.456. The predicted octanol–water partition coefficient (Wildman–Crippen LogP) is 2.03. The van der Waals surface area contributed by atoms with E-state index in [0.29, 0.717) is 12.0 Å². The zero-order valence-electron chi connectivity index (χ0n) is 10.8. The standard InChI is InChI=1S/C11H20N4.3ClH/c1-14-5-3-4-9(6-12)11(14)10-7-13-15(2)8-10;;;/h7-9,11H,3-6,12H2,1-2H3;3*1H/t9-,11+;;;/m0.../s1. The van der Waals surface area contributed by atoms with E-state index in [0.717, 1.165) is 13.1 Å². The van der Waals surface area contributed by atoms with Gasteiger partial charge in [-0.2, -0.15) is 5.10 Å². The molecule has 2 rings (SSSR count). The maximum atomic E-state index is 5.85. The second-order valence-electron chi connectivity index (χ2n) is 4.51. The molecule has 0 unspecified atom stereocenters. The fourth-order valence-corrected chi connectivity index (χ4v) is 2.63. The molecule has 1 aliphatic rings. The van der Waals surface area contributed by atoms with E-state index in [4.69, 9.17) is 5.73 Å². The predicted molar refractivity (Wildman–Crippen MR) is 82.1 cm³/mol. The van der Waals surface area contributed by atoms with Crippen LogP contribution in [0.5, 0.6) is 0 Å². The summed E-state index contributed by atoms with van der Waals surface area (Å²) in [5.41, 5.74) is 7.15. The van der Waals surface area contributed by atoms with Crippen molar-refractivity contribution in [2.24, 2.45) is 18.7 Å². The van der Waals surface area contributed by atoms with Crippen molar-refractivity contribution in [1.82, 2.24) is 14.7 Å². The lowest BCUT2D eigenvalue weighted by atomic mass is 9.86. The molecule has 0 aromatic carbocycles. The van der Waals surface area contributed by atoms with Crippen molar-refractivity contribution in [2.75, 3.05) is 20.1 Å². The molecule has 1 aliphatic heterocycles. The summed E-state index contributed by atoms with van der Waals surface area (Å²) in [6.07, 6.45) is 6.57. The zero-order valence-corrected chi connectivity index (χ0v) is 13.2. The van der Waals surface area contributed by atoms with Crippen LogP contribution in [0.15, 0.2) is 12.4 Å². The Morgan fingerprint density at radius 1 is 1.33 bits per heavy atom. The molecule has 2 N–H and O–H groups in total. The lowest BCUT2D eigenvalue weighted by molar-refractivity contribution is 0.125. The molecule has 7 heteroatoms. The Morgan fingerprint density at radius 2 is 2.00 bits per heavy atom. The summed E-state index contributed by atoms with van der Waals surface area (Å²) >= 11 is 0. The highest BCUT2D eigenvalue weighted by Crippen LogP contribution is 2.33. The molecule has 0 bridgehead atoms. The molecular formula is C11H23Cl3N4. The molecule has 2 atom stereocenters. The quantitative estimate of drug-likeness (QED) is 0.908. The largest absolute Gasteiger partial charge is 0.330 e. The van der Waals surface area contributed by atoms with Crippen LogP contribution >= 0.6 is 37.2 Å². The second kappa shape index (κ2) is 8.99. The Labute approximate surface area is 128 Å². The van der Waals surface area contributed by atoms with Gasteiger partial charge < -0.3 is 5.73 Å². The first-order valence-corrected chi connectivity index (χ1v) is 5.61. The van der Waals surface area contributed by atoms with E-state index < -0.39 is 0 Å². The number of aromatic nitrogens is 2. The van der Waals surface area contributed by atoms with Crippen LogP contribution in [0.3, 0.4) is 0 Å². The molecule has 1 saturated heterocycles. The Balaban J connectivity index is 0. The van der Waals surface area contributed by atoms with Crippen molar-refractivity contribution in [3.05, 3.63) is 18.0 Å². The fourth-order valence-electron chi connectivity index (χ4n) is 2.63. The van der Waals surface area contributed by atoms with Crippen LogP contribution in [0.25, 0.3) is 0 Å². The van der Waals surface area contributed by atoms with Crippen LogP contribution in [-0.2, 0) is 7.05 Å². The number of aryl methyl sites for hydroxylation is 1. The van der Waals surface area contributed by atoms with E-state index >= 15 is 0 Å². The molecule has 1 aromatic rings. The third-order valence-corrected chi connectivity index (χ3v) is 3.38. The average molecular weight is 318 g/mol. The summed E-state index contributed by atoms with van der Waals surface area (Å²) in [7, 11) is 4.14. The Morgan fingerprint density at radius 3 is 2.50 bits per heavy atom. The molecule has 4 nitrogen and oxygen atoms in total. The Hall–Kier alpha value is -0.000000000000000111. The molecule has 0 saturated carbocycles. The van der Waals surface area contributed by atoms with Crippen LogP contribution < -0.4 is 5.73 Å². The van der Waals surface area contributed by atoms with Crippen molar-refractivity contribution in [3.63, 3.8) is 0 Å². The van der Waals surface area contributed by atoms with Crippen molar-refractivity contribution in [3.8, 4) is 0 Å². The average Bonchev–Trinajstić information content (AvgIpc) is 2.64. The maximum absolute atomic E-state index is 5.85. The monoisotopic (exact) mass is 316 g/mol. The summed E-state index contributed by atoms with van der Waals surface area (Å²) in [5.74, 6) is 0.577. The molecule has 0 spiro atoms. The van der Waals surface area contributed by atoms with E-state index in [2.05, 4.69) is 23.2 Å². The van der Waals surface area contributed by atoms with E-state index in [9.17, 15) is 0 Å². The fraction of sp³-hybridized carbons (Fsp3) is 0.727. The van der Waals surface area contributed by atoms with Gasteiger partial charge in [0, 0.05) is 24.8 Å². The summed E-state index contributed by atoms with van der Waals surface area (Å²) in [6.45, 7) is 1.93. The highest BCUT2D eigenvalue weighted by atomic mass is 35.5. The molecule has 1 aromatic heterocycles. The normalized spacial score (nSPS) is 23.5. The van der Waals surface area contributed by atoms with Gasteiger partial charge in [0.2, 0.25) is 0 Å². The highest BCUT2D eigenvalue weighted by molar-refractivity contribution is 5.86. The van der Waals surface area contributed by atoms with Crippen LogP contribution in [0.2, 0.25) is 0 Å². The van der Waals surface area contributed by atoms with Gasteiger partial charge in [0.1, 0.15) is 0 Å². The van der Waals surface area contributed by atoms with Gasteiger partial charge in [-0.15, -0.1) is 37.2 Å². The van der Waals surface area contributed by atoms with Crippen LogP contribution in [0.1, 0.15) is 24.4 Å². The zero-order chi connectivity index (χ0) is 10.8. The summed E-state index contributed by atoms with van der Waals surface area (Å²) < 4.78 is 1.87. The van der Waals surface area contributed by atoms with E-state index in [1.54, 1.807) is 0 Å². The molecular weight excluding hydrogens is 295 g/mol. The highest BCUT2D eigenvalue weighted by Gasteiger charge is 2.30. The number of likely N-dealkylation sites (tertiary alicyclic amines) is 1. The third kappa shape index (κ3) is 4.28.